The van der Waals surface area contributed by atoms with Crippen molar-refractivity contribution < 1.29 is 9.53 Å². The standard InChI is InChI=1S/C14H19N3O2S/c1-4-7-15-14(20)17-16-13(18)9-19-12-8-10(2)5-6-11(12)3/h4-6,8H,1,7,9H2,2-3H3,(H,16,18)(H2,15,17,20). The van der Waals surface area contributed by atoms with Crippen LogP contribution in [0.25, 0.3) is 0 Å². The van der Waals surface area contributed by atoms with Gasteiger partial charge in [-0.25, -0.2) is 0 Å². The summed E-state index contributed by atoms with van der Waals surface area (Å²) in [5.74, 6) is 0.390. The lowest BCUT2D eigenvalue weighted by atomic mass is 10.1. The second-order valence-corrected chi connectivity index (χ2v) is 4.64. The van der Waals surface area contributed by atoms with Crippen LogP contribution in [0.3, 0.4) is 0 Å². The molecule has 1 aromatic rings. The maximum Gasteiger partial charge on any atom is 0.276 e. The number of rotatable bonds is 5. The van der Waals surface area contributed by atoms with Gasteiger partial charge in [-0.3, -0.25) is 15.6 Å². The van der Waals surface area contributed by atoms with Crippen molar-refractivity contribution in [3.63, 3.8) is 0 Å². The van der Waals surface area contributed by atoms with Crippen LogP contribution in [0.4, 0.5) is 0 Å². The third-order valence-electron chi connectivity index (χ3n) is 2.42. The van der Waals surface area contributed by atoms with Gasteiger partial charge in [-0.15, -0.1) is 6.58 Å². The van der Waals surface area contributed by atoms with E-state index in [1.54, 1.807) is 6.08 Å². The molecule has 0 heterocycles. The Morgan fingerprint density at radius 1 is 1.40 bits per heavy atom. The normalized spacial score (nSPS) is 9.50. The molecule has 0 fully saturated rings. The average molecular weight is 293 g/mol. The van der Waals surface area contributed by atoms with Gasteiger partial charge in [0.05, 0.1) is 0 Å². The van der Waals surface area contributed by atoms with Crippen LogP contribution in [0.5, 0.6) is 5.75 Å². The molecular weight excluding hydrogens is 274 g/mol. The van der Waals surface area contributed by atoms with Crippen molar-refractivity contribution in [2.45, 2.75) is 13.8 Å². The van der Waals surface area contributed by atoms with Crippen molar-refractivity contribution in [1.82, 2.24) is 16.2 Å². The van der Waals surface area contributed by atoms with Crippen molar-refractivity contribution in [1.29, 1.82) is 0 Å². The van der Waals surface area contributed by atoms with Crippen LogP contribution in [-0.4, -0.2) is 24.2 Å². The number of hydrogen-bond acceptors (Lipinski definition) is 3. The molecule has 0 aliphatic heterocycles. The third-order valence-corrected chi connectivity index (χ3v) is 2.67. The molecule has 0 radical (unpaired) electrons. The van der Waals surface area contributed by atoms with Crippen LogP contribution in [0.2, 0.25) is 0 Å². The van der Waals surface area contributed by atoms with Gasteiger partial charge >= 0.3 is 0 Å². The minimum Gasteiger partial charge on any atom is -0.483 e. The van der Waals surface area contributed by atoms with Crippen LogP contribution >= 0.6 is 12.2 Å². The van der Waals surface area contributed by atoms with E-state index in [0.717, 1.165) is 11.1 Å². The number of thiocarbonyl (C=S) groups is 1. The first-order valence-corrected chi connectivity index (χ1v) is 6.57. The van der Waals surface area contributed by atoms with E-state index >= 15 is 0 Å². The number of ether oxygens (including phenoxy) is 1. The SMILES string of the molecule is C=CCNC(=S)NNC(=O)COc1cc(C)ccc1C. The summed E-state index contributed by atoms with van der Waals surface area (Å²) < 4.78 is 5.46. The molecule has 1 aromatic carbocycles. The predicted octanol–water partition coefficient (Wildman–Crippen LogP) is 1.36. The Balaban J connectivity index is 2.34. The molecule has 0 aromatic heterocycles. The highest BCUT2D eigenvalue weighted by Crippen LogP contribution is 2.18. The fourth-order valence-corrected chi connectivity index (χ4v) is 1.51. The first-order chi connectivity index (χ1) is 9.52. The van der Waals surface area contributed by atoms with Crippen LogP contribution in [0, 0.1) is 13.8 Å². The highest BCUT2D eigenvalue weighted by atomic mass is 32.1. The second kappa shape index (κ2) is 8.16. The average Bonchev–Trinajstić information content (AvgIpc) is 2.43. The molecule has 0 unspecified atom stereocenters. The molecule has 1 rings (SSSR count). The Labute approximate surface area is 124 Å². The van der Waals surface area contributed by atoms with E-state index in [-0.39, 0.29) is 12.5 Å². The molecule has 0 bridgehead atoms. The van der Waals surface area contributed by atoms with E-state index in [9.17, 15) is 4.79 Å². The highest BCUT2D eigenvalue weighted by Gasteiger charge is 2.05. The summed E-state index contributed by atoms with van der Waals surface area (Å²) in [6.07, 6.45) is 1.67. The quantitative estimate of drug-likeness (QED) is 0.435. The minimum absolute atomic E-state index is 0.0820. The zero-order valence-corrected chi connectivity index (χ0v) is 12.5. The van der Waals surface area contributed by atoms with E-state index in [2.05, 4.69) is 22.7 Å². The van der Waals surface area contributed by atoms with Crippen LogP contribution < -0.4 is 20.9 Å². The van der Waals surface area contributed by atoms with Crippen molar-refractivity contribution in [2.75, 3.05) is 13.2 Å². The number of hydrazine groups is 1. The molecule has 0 atom stereocenters. The molecule has 0 aliphatic rings. The summed E-state index contributed by atoms with van der Waals surface area (Å²) in [5.41, 5.74) is 7.08. The van der Waals surface area contributed by atoms with Crippen molar-refractivity contribution >= 4 is 23.2 Å². The number of benzene rings is 1. The topological polar surface area (TPSA) is 62.4 Å². The fourth-order valence-electron chi connectivity index (χ4n) is 1.38. The molecule has 20 heavy (non-hydrogen) atoms. The Bertz CT molecular complexity index is 503. The van der Waals surface area contributed by atoms with Gasteiger partial charge in [0.1, 0.15) is 5.75 Å². The van der Waals surface area contributed by atoms with Gasteiger partial charge in [0.25, 0.3) is 5.91 Å². The second-order valence-electron chi connectivity index (χ2n) is 4.23. The monoisotopic (exact) mass is 293 g/mol. The molecule has 0 saturated carbocycles. The molecule has 1 amide bonds. The predicted molar refractivity (Wildman–Crippen MR) is 83.5 cm³/mol. The maximum absolute atomic E-state index is 11.6. The molecule has 3 N–H and O–H groups in total. The largest absolute Gasteiger partial charge is 0.483 e. The first kappa shape index (κ1) is 16.0. The maximum atomic E-state index is 11.6. The van der Waals surface area contributed by atoms with Gasteiger partial charge < -0.3 is 10.1 Å². The molecule has 0 aliphatic carbocycles. The van der Waals surface area contributed by atoms with E-state index in [4.69, 9.17) is 17.0 Å². The summed E-state index contributed by atoms with van der Waals surface area (Å²) in [7, 11) is 0. The van der Waals surface area contributed by atoms with Gasteiger partial charge in [0, 0.05) is 6.54 Å². The van der Waals surface area contributed by atoms with Gasteiger partial charge in [-0.05, 0) is 43.3 Å². The van der Waals surface area contributed by atoms with Crippen molar-refractivity contribution in [3.05, 3.63) is 42.0 Å². The number of nitrogens with one attached hydrogen (secondary N) is 3. The Hall–Kier alpha value is -2.08. The highest BCUT2D eigenvalue weighted by molar-refractivity contribution is 7.80. The lowest BCUT2D eigenvalue weighted by Crippen LogP contribution is -2.48. The van der Waals surface area contributed by atoms with Crippen molar-refractivity contribution in [2.24, 2.45) is 0 Å². The third kappa shape index (κ3) is 5.71. The fraction of sp³-hybridized carbons (Fsp3) is 0.286. The van der Waals surface area contributed by atoms with Crippen LogP contribution in [-0.2, 0) is 4.79 Å². The Morgan fingerprint density at radius 3 is 2.85 bits per heavy atom. The summed E-state index contributed by atoms with van der Waals surface area (Å²) in [4.78, 5) is 11.6. The van der Waals surface area contributed by atoms with Crippen molar-refractivity contribution in [3.8, 4) is 5.75 Å². The summed E-state index contributed by atoms with van der Waals surface area (Å²) >= 11 is 4.93. The number of amides is 1. The molecule has 0 saturated heterocycles. The lowest BCUT2D eigenvalue weighted by Gasteiger charge is -2.12. The molecule has 108 valence electrons. The van der Waals surface area contributed by atoms with Crippen LogP contribution in [0.15, 0.2) is 30.9 Å². The summed E-state index contributed by atoms with van der Waals surface area (Å²) in [6, 6.07) is 5.84. The van der Waals surface area contributed by atoms with E-state index in [1.807, 2.05) is 32.0 Å². The molecule has 6 heteroatoms. The van der Waals surface area contributed by atoms with Crippen LogP contribution in [0.1, 0.15) is 11.1 Å². The lowest BCUT2D eigenvalue weighted by molar-refractivity contribution is -0.123. The zero-order valence-electron chi connectivity index (χ0n) is 11.7. The van der Waals surface area contributed by atoms with Gasteiger partial charge in [-0.2, -0.15) is 0 Å². The number of carbonyl (C=O) groups is 1. The molecule has 0 spiro atoms. The Kier molecular flexibility index (Phi) is 6.52. The first-order valence-electron chi connectivity index (χ1n) is 6.16. The zero-order chi connectivity index (χ0) is 15.0. The van der Waals surface area contributed by atoms with Gasteiger partial charge in [0.15, 0.2) is 11.7 Å². The van der Waals surface area contributed by atoms with E-state index in [0.29, 0.717) is 17.4 Å². The Morgan fingerprint density at radius 2 is 2.15 bits per heavy atom. The summed E-state index contributed by atoms with van der Waals surface area (Å²) in [5, 5.41) is 3.15. The molecule has 5 nitrogen and oxygen atoms in total. The van der Waals surface area contributed by atoms with E-state index in [1.165, 1.54) is 0 Å². The van der Waals surface area contributed by atoms with E-state index < -0.39 is 0 Å². The number of carbonyl (C=O) groups excluding carboxylic acids is 1. The summed E-state index contributed by atoms with van der Waals surface area (Å²) in [6.45, 7) is 7.90. The van der Waals surface area contributed by atoms with Gasteiger partial charge in [-0.1, -0.05) is 18.2 Å². The smallest absolute Gasteiger partial charge is 0.276 e. The number of aryl methyl sites for hydroxylation is 2. The molecular formula is C14H19N3O2S. The van der Waals surface area contributed by atoms with Gasteiger partial charge in [0.2, 0.25) is 0 Å². The number of hydrogen-bond donors (Lipinski definition) is 3. The minimum atomic E-state index is -0.311.